The SMILES string of the molecule is Cc1noc(C)c1S(=O)(=O)NCc1ccsc1. The molecule has 0 aliphatic rings. The molecule has 7 heteroatoms. The lowest BCUT2D eigenvalue weighted by Crippen LogP contribution is -2.23. The van der Waals surface area contributed by atoms with Crippen molar-refractivity contribution >= 4 is 21.4 Å². The van der Waals surface area contributed by atoms with E-state index < -0.39 is 10.0 Å². The van der Waals surface area contributed by atoms with Gasteiger partial charge in [0.05, 0.1) is 0 Å². The van der Waals surface area contributed by atoms with Gasteiger partial charge in [0.1, 0.15) is 10.6 Å². The fourth-order valence-electron chi connectivity index (χ4n) is 1.50. The topological polar surface area (TPSA) is 72.2 Å². The van der Waals surface area contributed by atoms with E-state index in [4.69, 9.17) is 4.52 Å². The summed E-state index contributed by atoms with van der Waals surface area (Å²) >= 11 is 1.53. The monoisotopic (exact) mass is 272 g/mol. The van der Waals surface area contributed by atoms with Crippen LogP contribution in [0.5, 0.6) is 0 Å². The van der Waals surface area contributed by atoms with Crippen molar-refractivity contribution < 1.29 is 12.9 Å². The minimum atomic E-state index is -3.56. The van der Waals surface area contributed by atoms with Crippen LogP contribution in [-0.2, 0) is 16.6 Å². The molecular formula is C10H12N2O3S2. The highest BCUT2D eigenvalue weighted by Gasteiger charge is 2.23. The van der Waals surface area contributed by atoms with Gasteiger partial charge in [-0.3, -0.25) is 0 Å². The molecule has 0 radical (unpaired) electrons. The van der Waals surface area contributed by atoms with Crippen LogP contribution in [0.15, 0.2) is 26.2 Å². The maximum Gasteiger partial charge on any atom is 0.246 e. The zero-order valence-corrected chi connectivity index (χ0v) is 11.1. The number of thiophene rings is 1. The Kier molecular flexibility index (Phi) is 3.32. The quantitative estimate of drug-likeness (QED) is 0.921. The Labute approximate surface area is 103 Å². The molecule has 0 amide bonds. The smallest absolute Gasteiger partial charge is 0.246 e. The number of aryl methyl sites for hydroxylation is 2. The lowest BCUT2D eigenvalue weighted by atomic mass is 10.4. The fourth-order valence-corrected chi connectivity index (χ4v) is 3.51. The van der Waals surface area contributed by atoms with Crippen LogP contribution in [0.2, 0.25) is 0 Å². The van der Waals surface area contributed by atoms with E-state index in [9.17, 15) is 8.42 Å². The van der Waals surface area contributed by atoms with Crippen LogP contribution >= 0.6 is 11.3 Å². The first kappa shape index (κ1) is 12.3. The Hall–Kier alpha value is -1.18. The fraction of sp³-hybridized carbons (Fsp3) is 0.300. The molecule has 0 aromatic carbocycles. The summed E-state index contributed by atoms with van der Waals surface area (Å²) < 4.78 is 31.4. The molecule has 0 bridgehead atoms. The van der Waals surface area contributed by atoms with E-state index in [1.54, 1.807) is 13.8 Å². The van der Waals surface area contributed by atoms with Gasteiger partial charge in [-0.2, -0.15) is 11.3 Å². The van der Waals surface area contributed by atoms with Gasteiger partial charge in [0.2, 0.25) is 10.0 Å². The summed E-state index contributed by atoms with van der Waals surface area (Å²) in [6.45, 7) is 3.46. The standard InChI is InChI=1S/C10H12N2O3S2/c1-7-10(8(2)15-12-7)17(13,14)11-5-9-3-4-16-6-9/h3-4,6,11H,5H2,1-2H3. The van der Waals surface area contributed by atoms with Gasteiger partial charge in [-0.05, 0) is 36.2 Å². The molecule has 2 heterocycles. The molecule has 0 unspecified atom stereocenters. The summed E-state index contributed by atoms with van der Waals surface area (Å²) in [6.07, 6.45) is 0. The predicted octanol–water partition coefficient (Wildman–Crippen LogP) is 1.83. The molecule has 0 atom stereocenters. The summed E-state index contributed by atoms with van der Waals surface area (Å²) in [4.78, 5) is 0.132. The Morgan fingerprint density at radius 1 is 1.47 bits per heavy atom. The first-order chi connectivity index (χ1) is 8.00. The number of hydrogen-bond acceptors (Lipinski definition) is 5. The maximum atomic E-state index is 12.0. The molecule has 2 aromatic rings. The highest BCUT2D eigenvalue weighted by atomic mass is 32.2. The Bertz CT molecular complexity index is 580. The lowest BCUT2D eigenvalue weighted by molar-refractivity contribution is 0.390. The normalized spacial score (nSPS) is 11.9. The van der Waals surface area contributed by atoms with Gasteiger partial charge in [-0.25, -0.2) is 13.1 Å². The number of aromatic nitrogens is 1. The van der Waals surface area contributed by atoms with Gasteiger partial charge < -0.3 is 4.52 Å². The minimum Gasteiger partial charge on any atom is -0.360 e. The molecule has 5 nitrogen and oxygen atoms in total. The van der Waals surface area contributed by atoms with Crippen LogP contribution in [0.1, 0.15) is 17.0 Å². The molecule has 0 saturated carbocycles. The molecule has 0 aliphatic heterocycles. The first-order valence-corrected chi connectivity index (χ1v) is 7.37. The average molecular weight is 272 g/mol. The van der Waals surface area contributed by atoms with Gasteiger partial charge in [-0.1, -0.05) is 5.16 Å². The van der Waals surface area contributed by atoms with Gasteiger partial charge in [0.25, 0.3) is 0 Å². The second kappa shape index (κ2) is 4.59. The summed E-state index contributed by atoms with van der Waals surface area (Å²) in [5.41, 5.74) is 1.31. The number of rotatable bonds is 4. The molecule has 1 N–H and O–H groups in total. The van der Waals surface area contributed by atoms with E-state index in [0.29, 0.717) is 11.5 Å². The van der Waals surface area contributed by atoms with Crippen LogP contribution in [0.4, 0.5) is 0 Å². The van der Waals surface area contributed by atoms with Crippen molar-refractivity contribution in [3.63, 3.8) is 0 Å². The Morgan fingerprint density at radius 2 is 2.24 bits per heavy atom. The third kappa shape index (κ3) is 2.56. The van der Waals surface area contributed by atoms with E-state index in [0.717, 1.165) is 5.56 Å². The Balaban J connectivity index is 2.20. The van der Waals surface area contributed by atoms with Crippen LogP contribution in [0.25, 0.3) is 0 Å². The van der Waals surface area contributed by atoms with Crippen molar-refractivity contribution in [3.05, 3.63) is 33.8 Å². The van der Waals surface area contributed by atoms with Gasteiger partial charge >= 0.3 is 0 Å². The van der Waals surface area contributed by atoms with Gasteiger partial charge in [0, 0.05) is 6.54 Å². The molecule has 17 heavy (non-hydrogen) atoms. The average Bonchev–Trinajstić information content (AvgIpc) is 2.86. The van der Waals surface area contributed by atoms with E-state index in [2.05, 4.69) is 9.88 Å². The maximum absolute atomic E-state index is 12.0. The number of sulfonamides is 1. The van der Waals surface area contributed by atoms with Gasteiger partial charge in [-0.15, -0.1) is 0 Å². The van der Waals surface area contributed by atoms with Crippen molar-refractivity contribution in [1.29, 1.82) is 0 Å². The third-order valence-corrected chi connectivity index (χ3v) is 4.66. The van der Waals surface area contributed by atoms with Crippen molar-refractivity contribution in [1.82, 2.24) is 9.88 Å². The molecule has 0 saturated heterocycles. The molecule has 2 aromatic heterocycles. The largest absolute Gasteiger partial charge is 0.360 e. The van der Waals surface area contributed by atoms with Crippen molar-refractivity contribution in [3.8, 4) is 0 Å². The summed E-state index contributed by atoms with van der Waals surface area (Å²) in [5.74, 6) is 0.306. The summed E-state index contributed by atoms with van der Waals surface area (Å²) in [7, 11) is -3.56. The molecule has 92 valence electrons. The second-order valence-corrected chi connectivity index (χ2v) is 6.09. The van der Waals surface area contributed by atoms with Crippen LogP contribution < -0.4 is 4.72 Å². The van der Waals surface area contributed by atoms with Gasteiger partial charge in [0.15, 0.2) is 5.76 Å². The summed E-state index contributed by atoms with van der Waals surface area (Å²) in [6, 6.07) is 1.88. The van der Waals surface area contributed by atoms with Crippen molar-refractivity contribution in [2.75, 3.05) is 0 Å². The molecule has 0 fully saturated rings. The van der Waals surface area contributed by atoms with E-state index in [1.807, 2.05) is 16.8 Å². The summed E-state index contributed by atoms with van der Waals surface area (Å²) in [5, 5.41) is 7.44. The highest BCUT2D eigenvalue weighted by Crippen LogP contribution is 2.19. The van der Waals surface area contributed by atoms with Crippen LogP contribution in [0, 0.1) is 13.8 Å². The predicted molar refractivity (Wildman–Crippen MR) is 64.3 cm³/mol. The van der Waals surface area contributed by atoms with Crippen molar-refractivity contribution in [2.24, 2.45) is 0 Å². The lowest BCUT2D eigenvalue weighted by Gasteiger charge is -2.04. The molecule has 2 rings (SSSR count). The Morgan fingerprint density at radius 3 is 2.76 bits per heavy atom. The number of hydrogen-bond donors (Lipinski definition) is 1. The molecular weight excluding hydrogens is 260 g/mol. The first-order valence-electron chi connectivity index (χ1n) is 4.94. The molecule has 0 spiro atoms. The van der Waals surface area contributed by atoms with E-state index in [1.165, 1.54) is 11.3 Å². The van der Waals surface area contributed by atoms with Crippen LogP contribution in [0.3, 0.4) is 0 Å². The zero-order valence-electron chi connectivity index (χ0n) is 9.43. The van der Waals surface area contributed by atoms with Crippen LogP contribution in [-0.4, -0.2) is 13.6 Å². The van der Waals surface area contributed by atoms with Crippen molar-refractivity contribution in [2.45, 2.75) is 25.3 Å². The second-order valence-electron chi connectivity index (χ2n) is 3.61. The van der Waals surface area contributed by atoms with E-state index >= 15 is 0 Å². The van der Waals surface area contributed by atoms with E-state index in [-0.39, 0.29) is 11.4 Å². The zero-order chi connectivity index (χ0) is 12.5. The number of nitrogens with zero attached hydrogens (tertiary/aromatic N) is 1. The molecule has 0 aliphatic carbocycles. The number of nitrogens with one attached hydrogen (secondary N) is 1. The third-order valence-electron chi connectivity index (χ3n) is 2.28. The minimum absolute atomic E-state index is 0.132. The highest BCUT2D eigenvalue weighted by molar-refractivity contribution is 7.89.